The van der Waals surface area contributed by atoms with Gasteiger partial charge in [0.25, 0.3) is 5.91 Å². The number of aliphatic hydroxyl groups excluding tert-OH is 1. The van der Waals surface area contributed by atoms with E-state index in [1.165, 1.54) is 11.1 Å². The lowest BCUT2D eigenvalue weighted by Gasteiger charge is -2.33. The third kappa shape index (κ3) is 3.99. The molecule has 0 aromatic heterocycles. The Bertz CT molecular complexity index is 768. The third-order valence-corrected chi connectivity index (χ3v) is 5.42. The molecule has 0 radical (unpaired) electrons. The molecule has 1 aliphatic heterocycles. The smallest absolute Gasteiger partial charge is 0.253 e. The third-order valence-electron chi connectivity index (χ3n) is 5.42. The molecule has 1 heterocycles. The van der Waals surface area contributed by atoms with Gasteiger partial charge in [0.2, 0.25) is 0 Å². The lowest BCUT2D eigenvalue weighted by atomic mass is 9.85. The van der Waals surface area contributed by atoms with Gasteiger partial charge in [0, 0.05) is 18.7 Å². The molecule has 3 rings (SSSR count). The maximum absolute atomic E-state index is 12.9. The van der Waals surface area contributed by atoms with Gasteiger partial charge in [-0.25, -0.2) is 0 Å². The van der Waals surface area contributed by atoms with Crippen LogP contribution >= 0.6 is 0 Å². The lowest BCUT2D eigenvalue weighted by Crippen LogP contribution is -2.38. The van der Waals surface area contributed by atoms with Crippen molar-refractivity contribution in [3.63, 3.8) is 0 Å². The van der Waals surface area contributed by atoms with E-state index in [2.05, 4.69) is 32.9 Å². The van der Waals surface area contributed by atoms with Crippen molar-refractivity contribution in [1.82, 2.24) is 4.90 Å². The first-order valence-electron chi connectivity index (χ1n) is 9.48. The van der Waals surface area contributed by atoms with Gasteiger partial charge in [0.1, 0.15) is 0 Å². The van der Waals surface area contributed by atoms with Crippen LogP contribution in [0.4, 0.5) is 0 Å². The van der Waals surface area contributed by atoms with Crippen molar-refractivity contribution in [2.75, 3.05) is 13.1 Å². The van der Waals surface area contributed by atoms with Gasteiger partial charge in [-0.2, -0.15) is 0 Å². The summed E-state index contributed by atoms with van der Waals surface area (Å²) in [5.74, 6) is 0.549. The van der Waals surface area contributed by atoms with Crippen molar-refractivity contribution in [3.8, 4) is 0 Å². The van der Waals surface area contributed by atoms with Crippen LogP contribution < -0.4 is 0 Å². The van der Waals surface area contributed by atoms with Crippen molar-refractivity contribution >= 4 is 5.91 Å². The van der Waals surface area contributed by atoms with E-state index in [1.54, 1.807) is 0 Å². The average molecular weight is 351 g/mol. The van der Waals surface area contributed by atoms with Gasteiger partial charge in [-0.3, -0.25) is 4.79 Å². The zero-order valence-corrected chi connectivity index (χ0v) is 16.0. The quantitative estimate of drug-likeness (QED) is 0.885. The molecule has 0 atom stereocenters. The highest BCUT2D eigenvalue weighted by atomic mass is 16.3. The van der Waals surface area contributed by atoms with Gasteiger partial charge in [-0.1, -0.05) is 57.2 Å². The molecule has 138 valence electrons. The van der Waals surface area contributed by atoms with Crippen LogP contribution in [0.15, 0.2) is 48.5 Å². The molecule has 26 heavy (non-hydrogen) atoms. The number of carbonyl (C=O) groups excluding carboxylic acids is 1. The summed E-state index contributed by atoms with van der Waals surface area (Å²) >= 11 is 0. The highest BCUT2D eigenvalue weighted by molar-refractivity contribution is 5.94. The van der Waals surface area contributed by atoms with Gasteiger partial charge in [-0.15, -0.1) is 0 Å². The van der Waals surface area contributed by atoms with Crippen LogP contribution in [0.2, 0.25) is 0 Å². The number of likely N-dealkylation sites (tertiary alicyclic amines) is 1. The molecule has 1 N–H and O–H groups in total. The number of rotatable bonds is 3. The predicted molar refractivity (Wildman–Crippen MR) is 105 cm³/mol. The fourth-order valence-corrected chi connectivity index (χ4v) is 3.77. The molecule has 1 saturated heterocycles. The Balaban J connectivity index is 1.69. The number of hydrogen-bond donors (Lipinski definition) is 1. The fourth-order valence-electron chi connectivity index (χ4n) is 3.77. The van der Waals surface area contributed by atoms with Crippen molar-refractivity contribution in [2.24, 2.45) is 0 Å². The van der Waals surface area contributed by atoms with E-state index in [1.807, 2.05) is 41.3 Å². The molecular formula is C23H29NO2. The van der Waals surface area contributed by atoms with E-state index in [9.17, 15) is 9.90 Å². The number of amides is 1. The molecule has 0 spiro atoms. The molecule has 3 nitrogen and oxygen atoms in total. The average Bonchev–Trinajstić information content (AvgIpc) is 2.67. The number of carbonyl (C=O) groups is 1. The largest absolute Gasteiger partial charge is 0.392 e. The predicted octanol–water partition coefficient (Wildman–Crippen LogP) is 4.50. The maximum atomic E-state index is 12.9. The first-order chi connectivity index (χ1) is 12.4. The normalized spacial score (nSPS) is 15.9. The SMILES string of the molecule is CC(C)(C)c1cccc(C(=O)N2CCC(c3ccccc3CO)CC2)c1. The van der Waals surface area contributed by atoms with E-state index in [0.717, 1.165) is 37.1 Å². The molecule has 2 aromatic rings. The summed E-state index contributed by atoms with van der Waals surface area (Å²) in [6.45, 7) is 8.11. The molecule has 0 saturated carbocycles. The van der Waals surface area contributed by atoms with Crippen molar-refractivity contribution < 1.29 is 9.90 Å². The van der Waals surface area contributed by atoms with Crippen LogP contribution in [0, 0.1) is 0 Å². The molecule has 1 aliphatic rings. The monoisotopic (exact) mass is 351 g/mol. The van der Waals surface area contributed by atoms with E-state index < -0.39 is 0 Å². The van der Waals surface area contributed by atoms with Gasteiger partial charge < -0.3 is 10.0 Å². The highest BCUT2D eigenvalue weighted by Gasteiger charge is 2.26. The van der Waals surface area contributed by atoms with Crippen molar-refractivity contribution in [2.45, 2.75) is 51.6 Å². The molecule has 1 amide bonds. The molecule has 2 aromatic carbocycles. The second kappa shape index (κ2) is 7.63. The summed E-state index contributed by atoms with van der Waals surface area (Å²) in [7, 11) is 0. The first-order valence-corrected chi connectivity index (χ1v) is 9.48. The Morgan fingerprint density at radius 3 is 2.42 bits per heavy atom. The summed E-state index contributed by atoms with van der Waals surface area (Å²) < 4.78 is 0. The van der Waals surface area contributed by atoms with Crippen LogP contribution in [0.1, 0.15) is 66.6 Å². The van der Waals surface area contributed by atoms with E-state index in [-0.39, 0.29) is 17.9 Å². The Kier molecular flexibility index (Phi) is 5.47. The van der Waals surface area contributed by atoms with E-state index in [4.69, 9.17) is 0 Å². The molecule has 0 bridgehead atoms. The summed E-state index contributed by atoms with van der Waals surface area (Å²) in [6.07, 6.45) is 1.89. The number of piperidine rings is 1. The summed E-state index contributed by atoms with van der Waals surface area (Å²) in [5.41, 5.74) is 4.26. The Morgan fingerprint density at radius 2 is 1.77 bits per heavy atom. The number of nitrogens with zero attached hydrogens (tertiary/aromatic N) is 1. The van der Waals surface area contributed by atoms with Gasteiger partial charge in [-0.05, 0) is 53.0 Å². The number of aliphatic hydroxyl groups is 1. The summed E-state index contributed by atoms with van der Waals surface area (Å²) in [4.78, 5) is 14.9. The van der Waals surface area contributed by atoms with Gasteiger partial charge in [0.05, 0.1) is 6.61 Å². The van der Waals surface area contributed by atoms with Crippen LogP contribution in [0.5, 0.6) is 0 Å². The van der Waals surface area contributed by atoms with Crippen LogP contribution in [0.3, 0.4) is 0 Å². The van der Waals surface area contributed by atoms with E-state index in [0.29, 0.717) is 5.92 Å². The van der Waals surface area contributed by atoms with Crippen LogP contribution in [-0.4, -0.2) is 29.0 Å². The molecular weight excluding hydrogens is 322 g/mol. The number of benzene rings is 2. The van der Waals surface area contributed by atoms with Crippen LogP contribution in [-0.2, 0) is 12.0 Å². The lowest BCUT2D eigenvalue weighted by molar-refractivity contribution is 0.0712. The minimum absolute atomic E-state index is 0.0390. The summed E-state index contributed by atoms with van der Waals surface area (Å²) in [6, 6.07) is 16.1. The Labute approximate surface area is 156 Å². The standard InChI is InChI=1S/C23H29NO2/c1-23(2,3)20-9-6-8-18(15-20)22(26)24-13-11-17(12-14-24)21-10-5-4-7-19(21)16-25/h4-10,15,17,25H,11-14,16H2,1-3H3. The topological polar surface area (TPSA) is 40.5 Å². The zero-order chi connectivity index (χ0) is 18.7. The fraction of sp³-hybridized carbons (Fsp3) is 0.435. The molecule has 0 unspecified atom stereocenters. The first kappa shape index (κ1) is 18.7. The van der Waals surface area contributed by atoms with Crippen molar-refractivity contribution in [3.05, 3.63) is 70.8 Å². The Hall–Kier alpha value is -2.13. The molecule has 3 heteroatoms. The highest BCUT2D eigenvalue weighted by Crippen LogP contribution is 2.31. The zero-order valence-electron chi connectivity index (χ0n) is 16.0. The minimum Gasteiger partial charge on any atom is -0.392 e. The molecule has 0 aliphatic carbocycles. The van der Waals surface area contributed by atoms with Crippen LogP contribution in [0.25, 0.3) is 0 Å². The van der Waals surface area contributed by atoms with Crippen molar-refractivity contribution in [1.29, 1.82) is 0 Å². The Morgan fingerprint density at radius 1 is 1.08 bits per heavy atom. The number of hydrogen-bond acceptors (Lipinski definition) is 2. The minimum atomic E-state index is 0.0390. The second-order valence-electron chi connectivity index (χ2n) is 8.25. The summed E-state index contributed by atoms with van der Waals surface area (Å²) in [5, 5.41) is 9.57. The second-order valence-corrected chi connectivity index (χ2v) is 8.25. The molecule has 1 fully saturated rings. The van der Waals surface area contributed by atoms with Gasteiger partial charge >= 0.3 is 0 Å². The maximum Gasteiger partial charge on any atom is 0.253 e. The van der Waals surface area contributed by atoms with E-state index >= 15 is 0 Å². The van der Waals surface area contributed by atoms with Gasteiger partial charge in [0.15, 0.2) is 0 Å².